The van der Waals surface area contributed by atoms with Crippen LogP contribution in [-0.4, -0.2) is 39.8 Å². The van der Waals surface area contributed by atoms with Gasteiger partial charge in [-0.05, 0) is 39.3 Å². The molecule has 0 saturated carbocycles. The van der Waals surface area contributed by atoms with Gasteiger partial charge in [-0.1, -0.05) is 13.3 Å². The molecule has 0 aliphatic carbocycles. The Morgan fingerprint density at radius 2 is 1.67 bits per heavy atom. The molecule has 1 atom stereocenters. The first-order valence-electron chi connectivity index (χ1n) is 6.53. The fraction of sp³-hybridized carbons (Fsp3) is 0.769. The van der Waals surface area contributed by atoms with Crippen molar-refractivity contribution in [2.45, 2.75) is 65.1 Å². The molecule has 1 N–H and O–H groups in total. The predicted octanol–water partition coefficient (Wildman–Crippen LogP) is 1.74. The van der Waals surface area contributed by atoms with Crippen LogP contribution in [0.15, 0.2) is 11.6 Å². The standard InChI is InChI=1S/C13H26O4Si/c1-6-11(18)10(13(14)15)7-12(16-8(2)3)17-9(4)5/h7-9,11-12H,6H2,1-5,18H3,(H,14,15). The largest absolute Gasteiger partial charge is 0.478 e. The molecule has 1 unspecified atom stereocenters. The van der Waals surface area contributed by atoms with E-state index in [1.807, 2.05) is 34.6 Å². The molecule has 0 heterocycles. The first-order chi connectivity index (χ1) is 8.27. The molecule has 0 radical (unpaired) electrons. The summed E-state index contributed by atoms with van der Waals surface area (Å²) in [5, 5.41) is 9.23. The maximum atomic E-state index is 11.2. The van der Waals surface area contributed by atoms with E-state index in [1.165, 1.54) is 0 Å². The van der Waals surface area contributed by atoms with Crippen LogP contribution in [0.3, 0.4) is 0 Å². The third-order valence-electron chi connectivity index (χ3n) is 2.52. The number of carboxylic acid groups (broad SMARTS) is 1. The zero-order valence-corrected chi connectivity index (χ0v) is 14.3. The molecular weight excluding hydrogens is 248 g/mol. The Morgan fingerprint density at radius 1 is 1.22 bits per heavy atom. The van der Waals surface area contributed by atoms with E-state index >= 15 is 0 Å². The van der Waals surface area contributed by atoms with E-state index in [2.05, 4.69) is 0 Å². The number of aliphatic carboxylic acids is 1. The summed E-state index contributed by atoms with van der Waals surface area (Å²) in [5.74, 6) is -0.874. The average Bonchev–Trinajstić information content (AvgIpc) is 2.22. The van der Waals surface area contributed by atoms with Crippen LogP contribution in [0.5, 0.6) is 0 Å². The summed E-state index contributed by atoms with van der Waals surface area (Å²) in [4.78, 5) is 11.2. The zero-order chi connectivity index (χ0) is 14.3. The third kappa shape index (κ3) is 6.93. The van der Waals surface area contributed by atoms with Crippen molar-refractivity contribution in [2.24, 2.45) is 0 Å². The van der Waals surface area contributed by atoms with E-state index in [4.69, 9.17) is 9.47 Å². The van der Waals surface area contributed by atoms with Gasteiger partial charge in [0, 0.05) is 15.8 Å². The smallest absolute Gasteiger partial charge is 0.331 e. The molecule has 0 fully saturated rings. The summed E-state index contributed by atoms with van der Waals surface area (Å²) < 4.78 is 11.2. The molecule has 18 heavy (non-hydrogen) atoms. The lowest BCUT2D eigenvalue weighted by Crippen LogP contribution is -2.24. The Hall–Kier alpha value is -0.653. The first-order valence-corrected chi connectivity index (χ1v) is 7.69. The fourth-order valence-electron chi connectivity index (χ4n) is 1.46. The Labute approximate surface area is 113 Å². The van der Waals surface area contributed by atoms with Crippen LogP contribution in [0, 0.1) is 0 Å². The molecule has 106 valence electrons. The van der Waals surface area contributed by atoms with Crippen molar-refractivity contribution >= 4 is 16.2 Å². The lowest BCUT2D eigenvalue weighted by molar-refractivity contribution is -0.154. The van der Waals surface area contributed by atoms with Gasteiger partial charge < -0.3 is 14.6 Å². The van der Waals surface area contributed by atoms with Gasteiger partial charge in [0.1, 0.15) is 0 Å². The Bertz CT molecular complexity index is 277. The molecule has 0 saturated heterocycles. The zero-order valence-electron chi connectivity index (χ0n) is 12.3. The van der Waals surface area contributed by atoms with Crippen LogP contribution in [0.25, 0.3) is 0 Å². The first kappa shape index (κ1) is 17.3. The van der Waals surface area contributed by atoms with Crippen molar-refractivity contribution in [1.29, 1.82) is 0 Å². The molecule has 0 spiro atoms. The van der Waals surface area contributed by atoms with Gasteiger partial charge in [0.05, 0.1) is 12.2 Å². The second kappa shape index (κ2) is 8.45. The summed E-state index contributed by atoms with van der Waals surface area (Å²) in [5.41, 5.74) is 0.534. The lowest BCUT2D eigenvalue weighted by Gasteiger charge is -2.22. The minimum absolute atomic E-state index is 0.00535. The van der Waals surface area contributed by atoms with E-state index in [1.54, 1.807) is 6.08 Å². The molecule has 0 aliphatic rings. The summed E-state index contributed by atoms with van der Waals surface area (Å²) in [6.07, 6.45) is 1.85. The van der Waals surface area contributed by atoms with Gasteiger partial charge in [-0.25, -0.2) is 4.79 Å². The minimum atomic E-state index is -0.874. The molecular formula is C13H26O4Si. The normalized spacial score (nSPS) is 14.8. The maximum absolute atomic E-state index is 11.2. The van der Waals surface area contributed by atoms with Crippen molar-refractivity contribution in [3.05, 3.63) is 11.6 Å². The van der Waals surface area contributed by atoms with Gasteiger partial charge in [0.2, 0.25) is 0 Å². The molecule has 0 amide bonds. The van der Waals surface area contributed by atoms with Crippen LogP contribution in [0.1, 0.15) is 41.0 Å². The van der Waals surface area contributed by atoms with Crippen molar-refractivity contribution < 1.29 is 19.4 Å². The number of hydrogen-bond acceptors (Lipinski definition) is 3. The van der Waals surface area contributed by atoms with E-state index in [0.717, 1.165) is 16.7 Å². The third-order valence-corrected chi connectivity index (χ3v) is 3.96. The van der Waals surface area contributed by atoms with Gasteiger partial charge in [0.15, 0.2) is 6.29 Å². The highest BCUT2D eigenvalue weighted by atomic mass is 28.1. The highest BCUT2D eigenvalue weighted by molar-refractivity contribution is 6.17. The average molecular weight is 274 g/mol. The molecule has 0 bridgehead atoms. The molecule has 0 aromatic heterocycles. The van der Waals surface area contributed by atoms with E-state index in [0.29, 0.717) is 5.57 Å². The Morgan fingerprint density at radius 3 is 1.94 bits per heavy atom. The molecule has 4 nitrogen and oxygen atoms in total. The van der Waals surface area contributed by atoms with Crippen LogP contribution >= 0.6 is 0 Å². The van der Waals surface area contributed by atoms with E-state index < -0.39 is 12.3 Å². The number of carboxylic acids is 1. The highest BCUT2D eigenvalue weighted by Crippen LogP contribution is 2.20. The van der Waals surface area contributed by atoms with Gasteiger partial charge >= 0.3 is 5.97 Å². The van der Waals surface area contributed by atoms with Crippen LogP contribution < -0.4 is 0 Å². The van der Waals surface area contributed by atoms with E-state index in [-0.39, 0.29) is 17.7 Å². The molecule has 5 heteroatoms. The molecule has 0 aliphatic heterocycles. The van der Waals surface area contributed by atoms with Crippen molar-refractivity contribution in [2.75, 3.05) is 0 Å². The van der Waals surface area contributed by atoms with Crippen molar-refractivity contribution in [3.8, 4) is 0 Å². The van der Waals surface area contributed by atoms with Crippen LogP contribution in [0.4, 0.5) is 0 Å². The maximum Gasteiger partial charge on any atom is 0.331 e. The number of ether oxygens (including phenoxy) is 2. The van der Waals surface area contributed by atoms with Gasteiger partial charge in [0.25, 0.3) is 0 Å². The summed E-state index contributed by atoms with van der Waals surface area (Å²) in [6.45, 7) is 9.62. The fourth-order valence-corrected chi connectivity index (χ4v) is 1.90. The second-order valence-corrected chi connectivity index (χ2v) is 6.37. The lowest BCUT2D eigenvalue weighted by atomic mass is 10.1. The van der Waals surface area contributed by atoms with Gasteiger partial charge in [-0.2, -0.15) is 0 Å². The highest BCUT2D eigenvalue weighted by Gasteiger charge is 2.19. The van der Waals surface area contributed by atoms with Crippen LogP contribution in [0.2, 0.25) is 5.54 Å². The van der Waals surface area contributed by atoms with Gasteiger partial charge in [-0.3, -0.25) is 0 Å². The molecule has 0 rings (SSSR count). The summed E-state index contributed by atoms with van der Waals surface area (Å²) in [7, 11) is 0.814. The number of rotatable bonds is 8. The number of carbonyl (C=O) groups is 1. The SMILES string of the molecule is CCC([SiH3])C(=CC(OC(C)C)OC(C)C)C(=O)O. The van der Waals surface area contributed by atoms with Gasteiger partial charge in [-0.15, -0.1) is 0 Å². The quantitative estimate of drug-likeness (QED) is 0.416. The number of hydrogen-bond donors (Lipinski definition) is 1. The van der Waals surface area contributed by atoms with Crippen molar-refractivity contribution in [1.82, 2.24) is 0 Å². The second-order valence-electron chi connectivity index (χ2n) is 4.97. The topological polar surface area (TPSA) is 55.8 Å². The van der Waals surface area contributed by atoms with Crippen molar-refractivity contribution in [3.63, 3.8) is 0 Å². The predicted molar refractivity (Wildman–Crippen MR) is 75.9 cm³/mol. The molecule has 0 aromatic carbocycles. The Kier molecular flexibility index (Phi) is 8.14. The molecule has 0 aromatic rings. The minimum Gasteiger partial charge on any atom is -0.478 e. The van der Waals surface area contributed by atoms with Crippen LogP contribution in [-0.2, 0) is 14.3 Å². The van der Waals surface area contributed by atoms with E-state index in [9.17, 15) is 9.90 Å². The summed E-state index contributed by atoms with van der Waals surface area (Å²) in [6, 6.07) is 0. The monoisotopic (exact) mass is 274 g/mol. The summed E-state index contributed by atoms with van der Waals surface area (Å²) >= 11 is 0. The Balaban J connectivity index is 4.99.